The zero-order valence-corrected chi connectivity index (χ0v) is 11.2. The Bertz CT molecular complexity index is 215. The van der Waals surface area contributed by atoms with Crippen LogP contribution in [0.1, 0.15) is 33.1 Å². The van der Waals surface area contributed by atoms with Crippen molar-refractivity contribution in [2.75, 3.05) is 18.1 Å². The van der Waals surface area contributed by atoms with E-state index in [1.165, 1.54) is 24.3 Å². The largest absolute Gasteiger partial charge is 0.354 e. The summed E-state index contributed by atoms with van der Waals surface area (Å²) in [6.07, 6.45) is 3.22. The first kappa shape index (κ1) is 13.8. The van der Waals surface area contributed by atoms with Gasteiger partial charge in [0.1, 0.15) is 0 Å². The number of nitrogens with two attached hydrogens (primary N) is 1. The van der Waals surface area contributed by atoms with Crippen molar-refractivity contribution in [3.8, 4) is 0 Å². The van der Waals surface area contributed by atoms with Gasteiger partial charge < -0.3 is 11.1 Å². The maximum absolute atomic E-state index is 11.7. The van der Waals surface area contributed by atoms with Gasteiger partial charge in [0.15, 0.2) is 0 Å². The molecular formula is C12H24N2OS. The van der Waals surface area contributed by atoms with E-state index in [2.05, 4.69) is 19.2 Å². The predicted octanol–water partition coefficient (Wildman–Crippen LogP) is 1.62. The van der Waals surface area contributed by atoms with Crippen molar-refractivity contribution in [3.05, 3.63) is 0 Å². The first-order chi connectivity index (χ1) is 7.59. The molecule has 1 saturated heterocycles. The maximum atomic E-state index is 11.7. The summed E-state index contributed by atoms with van der Waals surface area (Å²) >= 11 is 2.01. The number of amides is 1. The minimum atomic E-state index is -0.335. The van der Waals surface area contributed by atoms with Crippen LogP contribution in [0, 0.1) is 11.8 Å². The van der Waals surface area contributed by atoms with E-state index >= 15 is 0 Å². The van der Waals surface area contributed by atoms with Gasteiger partial charge in [-0.3, -0.25) is 4.79 Å². The van der Waals surface area contributed by atoms with Crippen molar-refractivity contribution >= 4 is 17.7 Å². The van der Waals surface area contributed by atoms with Crippen LogP contribution < -0.4 is 11.1 Å². The molecule has 1 amide bonds. The van der Waals surface area contributed by atoms with E-state index in [0.29, 0.717) is 11.8 Å². The van der Waals surface area contributed by atoms with Crippen molar-refractivity contribution in [3.63, 3.8) is 0 Å². The number of rotatable bonds is 5. The number of hydrogen-bond acceptors (Lipinski definition) is 3. The summed E-state index contributed by atoms with van der Waals surface area (Å²) < 4.78 is 0. The first-order valence-corrected chi connectivity index (χ1v) is 7.36. The molecule has 0 aromatic rings. The van der Waals surface area contributed by atoms with E-state index in [4.69, 9.17) is 5.73 Å². The molecule has 1 heterocycles. The molecule has 4 heteroatoms. The topological polar surface area (TPSA) is 55.1 Å². The molecule has 0 radical (unpaired) electrons. The van der Waals surface area contributed by atoms with Crippen LogP contribution in [0.25, 0.3) is 0 Å². The molecule has 16 heavy (non-hydrogen) atoms. The fourth-order valence-corrected chi connectivity index (χ4v) is 3.15. The van der Waals surface area contributed by atoms with Crippen LogP contribution in [-0.2, 0) is 4.79 Å². The SMILES string of the molecule is CC(C)C[C@@H](N)C(=O)NCC1CCSCC1. The van der Waals surface area contributed by atoms with Crippen molar-refractivity contribution in [2.24, 2.45) is 17.6 Å². The molecule has 1 atom stereocenters. The second-order valence-corrected chi connectivity index (χ2v) is 6.26. The molecule has 0 spiro atoms. The third kappa shape index (κ3) is 5.21. The lowest BCUT2D eigenvalue weighted by atomic mass is 10.0. The van der Waals surface area contributed by atoms with Crippen molar-refractivity contribution < 1.29 is 4.79 Å². The molecular weight excluding hydrogens is 220 g/mol. The summed E-state index contributed by atoms with van der Waals surface area (Å²) in [7, 11) is 0. The van der Waals surface area contributed by atoms with Crippen molar-refractivity contribution in [2.45, 2.75) is 39.2 Å². The number of nitrogens with one attached hydrogen (secondary N) is 1. The van der Waals surface area contributed by atoms with Gasteiger partial charge in [-0.2, -0.15) is 11.8 Å². The molecule has 0 aromatic heterocycles. The molecule has 3 nitrogen and oxygen atoms in total. The summed E-state index contributed by atoms with van der Waals surface area (Å²) in [4.78, 5) is 11.7. The Labute approximate surface area is 103 Å². The number of carbonyl (C=O) groups excluding carboxylic acids is 1. The van der Waals surface area contributed by atoms with E-state index in [-0.39, 0.29) is 11.9 Å². The fraction of sp³-hybridized carbons (Fsp3) is 0.917. The fourth-order valence-electron chi connectivity index (χ4n) is 1.94. The number of thioether (sulfide) groups is 1. The molecule has 0 unspecified atom stereocenters. The smallest absolute Gasteiger partial charge is 0.236 e. The highest BCUT2D eigenvalue weighted by atomic mass is 32.2. The summed E-state index contributed by atoms with van der Waals surface area (Å²) in [5, 5.41) is 2.98. The quantitative estimate of drug-likeness (QED) is 0.772. The van der Waals surface area contributed by atoms with Crippen LogP contribution >= 0.6 is 11.8 Å². The molecule has 1 rings (SSSR count). The molecule has 3 N–H and O–H groups in total. The minimum absolute atomic E-state index is 0.0203. The van der Waals surface area contributed by atoms with Gasteiger partial charge in [0.2, 0.25) is 5.91 Å². The summed E-state index contributed by atoms with van der Waals surface area (Å²) in [5.41, 5.74) is 5.82. The van der Waals surface area contributed by atoms with Gasteiger partial charge in [-0.05, 0) is 42.6 Å². The van der Waals surface area contributed by atoms with Crippen molar-refractivity contribution in [1.82, 2.24) is 5.32 Å². The predicted molar refractivity (Wildman–Crippen MR) is 70.5 cm³/mol. The highest BCUT2D eigenvalue weighted by Gasteiger charge is 2.18. The highest BCUT2D eigenvalue weighted by molar-refractivity contribution is 7.99. The van der Waals surface area contributed by atoms with Gasteiger partial charge in [0.25, 0.3) is 0 Å². The van der Waals surface area contributed by atoms with E-state index in [1.807, 2.05) is 11.8 Å². The lowest BCUT2D eigenvalue weighted by Crippen LogP contribution is -2.43. The summed E-state index contributed by atoms with van der Waals surface area (Å²) in [6.45, 7) is 4.99. The average Bonchev–Trinajstić information content (AvgIpc) is 2.26. The van der Waals surface area contributed by atoms with Crippen LogP contribution in [0.5, 0.6) is 0 Å². The Kier molecular flexibility index (Phi) is 6.21. The van der Waals surface area contributed by atoms with Gasteiger partial charge in [0.05, 0.1) is 6.04 Å². The van der Waals surface area contributed by atoms with Crippen LogP contribution in [0.15, 0.2) is 0 Å². The Morgan fingerprint density at radius 3 is 2.62 bits per heavy atom. The lowest BCUT2D eigenvalue weighted by Gasteiger charge is -2.22. The molecule has 0 bridgehead atoms. The first-order valence-electron chi connectivity index (χ1n) is 6.20. The lowest BCUT2D eigenvalue weighted by molar-refractivity contribution is -0.122. The minimum Gasteiger partial charge on any atom is -0.354 e. The van der Waals surface area contributed by atoms with E-state index in [1.54, 1.807) is 0 Å². The Hall–Kier alpha value is -0.220. The number of hydrogen-bond donors (Lipinski definition) is 2. The Morgan fingerprint density at radius 1 is 1.44 bits per heavy atom. The molecule has 1 aliphatic heterocycles. The van der Waals surface area contributed by atoms with Gasteiger partial charge in [-0.15, -0.1) is 0 Å². The van der Waals surface area contributed by atoms with E-state index in [0.717, 1.165) is 13.0 Å². The molecule has 1 aliphatic rings. The zero-order chi connectivity index (χ0) is 12.0. The second kappa shape index (κ2) is 7.17. The average molecular weight is 244 g/mol. The van der Waals surface area contributed by atoms with Gasteiger partial charge in [0, 0.05) is 6.54 Å². The van der Waals surface area contributed by atoms with Crippen LogP contribution in [-0.4, -0.2) is 30.0 Å². The van der Waals surface area contributed by atoms with Gasteiger partial charge >= 0.3 is 0 Å². The van der Waals surface area contributed by atoms with Crippen LogP contribution in [0.3, 0.4) is 0 Å². The third-order valence-electron chi connectivity index (χ3n) is 2.97. The van der Waals surface area contributed by atoms with Crippen LogP contribution in [0.2, 0.25) is 0 Å². The normalized spacial score (nSPS) is 19.8. The molecule has 94 valence electrons. The third-order valence-corrected chi connectivity index (χ3v) is 4.02. The molecule has 1 fully saturated rings. The van der Waals surface area contributed by atoms with Crippen LogP contribution in [0.4, 0.5) is 0 Å². The maximum Gasteiger partial charge on any atom is 0.236 e. The van der Waals surface area contributed by atoms with E-state index in [9.17, 15) is 4.79 Å². The molecule has 0 saturated carbocycles. The second-order valence-electron chi connectivity index (χ2n) is 5.04. The van der Waals surface area contributed by atoms with Gasteiger partial charge in [-0.1, -0.05) is 13.8 Å². The summed E-state index contributed by atoms with van der Waals surface area (Å²) in [6, 6.07) is -0.335. The highest BCUT2D eigenvalue weighted by Crippen LogP contribution is 2.21. The Morgan fingerprint density at radius 2 is 2.06 bits per heavy atom. The molecule has 0 aromatic carbocycles. The standard InChI is InChI=1S/C12H24N2OS/c1-9(2)7-11(13)12(15)14-8-10-3-5-16-6-4-10/h9-11H,3-8,13H2,1-2H3,(H,14,15)/t11-/m1/s1. The summed E-state index contributed by atoms with van der Waals surface area (Å²) in [5.74, 6) is 3.63. The molecule has 0 aliphatic carbocycles. The van der Waals surface area contributed by atoms with Gasteiger partial charge in [-0.25, -0.2) is 0 Å². The number of carbonyl (C=O) groups is 1. The Balaban J connectivity index is 2.17. The van der Waals surface area contributed by atoms with E-state index < -0.39 is 0 Å². The van der Waals surface area contributed by atoms with Crippen molar-refractivity contribution in [1.29, 1.82) is 0 Å². The zero-order valence-electron chi connectivity index (χ0n) is 10.4. The monoisotopic (exact) mass is 244 g/mol.